The van der Waals surface area contributed by atoms with Crippen LogP contribution in [0.2, 0.25) is 0 Å². The van der Waals surface area contributed by atoms with E-state index in [1.54, 1.807) is 4.68 Å². The Bertz CT molecular complexity index is 946. The first-order chi connectivity index (χ1) is 12.6. The van der Waals surface area contributed by atoms with Crippen LogP contribution >= 0.6 is 23.1 Å². The standard InChI is InChI=1S/C17H18N6OS2/c1-10-3-4-11(2)13(7-10)14-8-25-16(18-14)19-15(24)9-26-17-20-21-22-23(17)12-5-6-12/h3-4,7-8,12H,5-6,9H2,1-2H3,(H,18,19,24). The van der Waals surface area contributed by atoms with E-state index in [2.05, 4.69) is 57.9 Å². The second-order valence-electron chi connectivity index (χ2n) is 6.33. The number of tetrazole rings is 1. The van der Waals surface area contributed by atoms with Gasteiger partial charge in [0.05, 0.1) is 17.5 Å². The summed E-state index contributed by atoms with van der Waals surface area (Å²) in [6.45, 7) is 4.12. The molecule has 1 aliphatic rings. The third kappa shape index (κ3) is 3.78. The van der Waals surface area contributed by atoms with Crippen LogP contribution in [0.5, 0.6) is 0 Å². The van der Waals surface area contributed by atoms with Crippen LogP contribution in [0.1, 0.15) is 30.0 Å². The molecule has 0 saturated heterocycles. The summed E-state index contributed by atoms with van der Waals surface area (Å²) in [4.78, 5) is 16.8. The number of anilines is 1. The Kier molecular flexibility index (Phi) is 4.73. The minimum atomic E-state index is -0.109. The van der Waals surface area contributed by atoms with Gasteiger partial charge in [0.1, 0.15) is 0 Å². The van der Waals surface area contributed by atoms with E-state index in [1.165, 1.54) is 34.2 Å². The highest BCUT2D eigenvalue weighted by atomic mass is 32.2. The van der Waals surface area contributed by atoms with Crippen molar-refractivity contribution in [3.63, 3.8) is 0 Å². The summed E-state index contributed by atoms with van der Waals surface area (Å²) in [5.74, 6) is 0.146. The van der Waals surface area contributed by atoms with Gasteiger partial charge in [0.25, 0.3) is 0 Å². The van der Waals surface area contributed by atoms with Crippen molar-refractivity contribution in [1.82, 2.24) is 25.2 Å². The van der Waals surface area contributed by atoms with E-state index in [1.807, 2.05) is 5.38 Å². The zero-order valence-corrected chi connectivity index (χ0v) is 16.1. The number of rotatable bonds is 6. The molecule has 0 aliphatic heterocycles. The molecule has 7 nitrogen and oxygen atoms in total. The highest BCUT2D eigenvalue weighted by Gasteiger charge is 2.28. The lowest BCUT2D eigenvalue weighted by molar-refractivity contribution is -0.113. The Morgan fingerprint density at radius 3 is 3.04 bits per heavy atom. The molecule has 1 aromatic carbocycles. The highest BCUT2D eigenvalue weighted by molar-refractivity contribution is 7.99. The molecule has 26 heavy (non-hydrogen) atoms. The Morgan fingerprint density at radius 2 is 2.23 bits per heavy atom. The van der Waals surface area contributed by atoms with Gasteiger partial charge in [-0.3, -0.25) is 4.79 Å². The topological polar surface area (TPSA) is 85.6 Å². The fourth-order valence-corrected chi connectivity index (χ4v) is 4.05. The molecule has 0 spiro atoms. The Balaban J connectivity index is 1.38. The Labute approximate surface area is 159 Å². The molecule has 0 atom stereocenters. The normalized spacial score (nSPS) is 13.8. The fourth-order valence-electron chi connectivity index (χ4n) is 2.58. The van der Waals surface area contributed by atoms with Gasteiger partial charge in [-0.1, -0.05) is 29.5 Å². The van der Waals surface area contributed by atoms with E-state index < -0.39 is 0 Å². The van der Waals surface area contributed by atoms with Gasteiger partial charge in [-0.2, -0.15) is 0 Å². The van der Waals surface area contributed by atoms with E-state index in [4.69, 9.17) is 0 Å². The molecule has 0 radical (unpaired) electrons. The van der Waals surface area contributed by atoms with Crippen LogP contribution in [0.4, 0.5) is 5.13 Å². The summed E-state index contributed by atoms with van der Waals surface area (Å²) < 4.78 is 1.81. The largest absolute Gasteiger partial charge is 0.301 e. The molecule has 3 aromatic rings. The van der Waals surface area contributed by atoms with Crippen molar-refractivity contribution in [3.05, 3.63) is 34.7 Å². The number of thioether (sulfide) groups is 1. The molecule has 1 N–H and O–H groups in total. The van der Waals surface area contributed by atoms with Crippen LogP contribution in [0, 0.1) is 13.8 Å². The molecular formula is C17H18N6OS2. The quantitative estimate of drug-likeness (QED) is 0.653. The number of nitrogens with zero attached hydrogens (tertiary/aromatic N) is 5. The predicted octanol–water partition coefficient (Wildman–Crippen LogP) is 3.48. The minimum absolute atomic E-state index is 0.109. The summed E-state index contributed by atoms with van der Waals surface area (Å²) in [6.07, 6.45) is 2.20. The first-order valence-electron chi connectivity index (χ1n) is 8.34. The lowest BCUT2D eigenvalue weighted by atomic mass is 10.0. The summed E-state index contributed by atoms with van der Waals surface area (Å²) in [7, 11) is 0. The molecule has 1 saturated carbocycles. The first kappa shape index (κ1) is 17.2. The van der Waals surface area contributed by atoms with E-state index >= 15 is 0 Å². The number of carbonyl (C=O) groups excluding carboxylic acids is 1. The molecule has 2 aromatic heterocycles. The molecule has 4 rings (SSSR count). The summed E-state index contributed by atoms with van der Waals surface area (Å²) in [6, 6.07) is 6.68. The fraction of sp³-hybridized carbons (Fsp3) is 0.353. The van der Waals surface area contributed by atoms with E-state index in [0.29, 0.717) is 16.3 Å². The zero-order valence-electron chi connectivity index (χ0n) is 14.5. The maximum absolute atomic E-state index is 12.2. The summed E-state index contributed by atoms with van der Waals surface area (Å²) >= 11 is 2.78. The monoisotopic (exact) mass is 386 g/mol. The molecule has 1 aliphatic carbocycles. The number of amides is 1. The van der Waals surface area contributed by atoms with Crippen LogP contribution in [0.15, 0.2) is 28.7 Å². The number of aromatic nitrogens is 5. The number of hydrogen-bond donors (Lipinski definition) is 1. The summed E-state index contributed by atoms with van der Waals surface area (Å²) in [5.41, 5.74) is 4.34. The van der Waals surface area contributed by atoms with Gasteiger partial charge >= 0.3 is 0 Å². The lowest BCUT2D eigenvalue weighted by Crippen LogP contribution is -2.14. The van der Waals surface area contributed by atoms with Crippen molar-refractivity contribution in [2.75, 3.05) is 11.1 Å². The van der Waals surface area contributed by atoms with E-state index in [9.17, 15) is 4.79 Å². The van der Waals surface area contributed by atoms with Gasteiger partial charge in [0, 0.05) is 10.9 Å². The second kappa shape index (κ2) is 7.16. The van der Waals surface area contributed by atoms with Gasteiger partial charge in [-0.15, -0.1) is 16.4 Å². The number of benzene rings is 1. The van der Waals surface area contributed by atoms with Crippen molar-refractivity contribution in [2.45, 2.75) is 37.9 Å². The van der Waals surface area contributed by atoms with Gasteiger partial charge < -0.3 is 5.32 Å². The predicted molar refractivity (Wildman–Crippen MR) is 102 cm³/mol. The third-order valence-corrected chi connectivity index (χ3v) is 5.80. The van der Waals surface area contributed by atoms with Crippen molar-refractivity contribution in [1.29, 1.82) is 0 Å². The maximum Gasteiger partial charge on any atom is 0.236 e. The van der Waals surface area contributed by atoms with Crippen LogP contribution in [-0.2, 0) is 4.79 Å². The second-order valence-corrected chi connectivity index (χ2v) is 8.13. The van der Waals surface area contributed by atoms with Crippen molar-refractivity contribution in [2.24, 2.45) is 0 Å². The minimum Gasteiger partial charge on any atom is -0.301 e. The van der Waals surface area contributed by atoms with Crippen LogP contribution in [-0.4, -0.2) is 36.9 Å². The molecule has 9 heteroatoms. The summed E-state index contributed by atoms with van der Waals surface area (Å²) in [5, 5.41) is 17.8. The highest BCUT2D eigenvalue weighted by Crippen LogP contribution is 2.36. The molecule has 134 valence electrons. The maximum atomic E-state index is 12.2. The first-order valence-corrected chi connectivity index (χ1v) is 10.2. The molecule has 1 amide bonds. The molecule has 0 bridgehead atoms. The number of carbonyl (C=O) groups is 1. The van der Waals surface area contributed by atoms with Crippen LogP contribution < -0.4 is 5.32 Å². The van der Waals surface area contributed by atoms with Gasteiger partial charge in [-0.05, 0) is 48.7 Å². The number of nitrogens with one attached hydrogen (secondary N) is 1. The Hall–Kier alpha value is -2.26. The molecular weight excluding hydrogens is 368 g/mol. The van der Waals surface area contributed by atoms with Crippen molar-refractivity contribution >= 4 is 34.1 Å². The number of thiazole rings is 1. The van der Waals surface area contributed by atoms with Crippen LogP contribution in [0.25, 0.3) is 11.3 Å². The van der Waals surface area contributed by atoms with Crippen molar-refractivity contribution < 1.29 is 4.79 Å². The zero-order chi connectivity index (χ0) is 18.1. The van der Waals surface area contributed by atoms with Gasteiger partial charge in [0.15, 0.2) is 5.13 Å². The van der Waals surface area contributed by atoms with Gasteiger partial charge in [-0.25, -0.2) is 9.67 Å². The van der Waals surface area contributed by atoms with E-state index in [0.717, 1.165) is 24.1 Å². The molecule has 1 fully saturated rings. The van der Waals surface area contributed by atoms with Crippen molar-refractivity contribution in [3.8, 4) is 11.3 Å². The number of aryl methyl sites for hydroxylation is 2. The molecule has 2 heterocycles. The Morgan fingerprint density at radius 1 is 1.38 bits per heavy atom. The third-order valence-electron chi connectivity index (χ3n) is 4.11. The average molecular weight is 387 g/mol. The van der Waals surface area contributed by atoms with Crippen LogP contribution in [0.3, 0.4) is 0 Å². The lowest BCUT2D eigenvalue weighted by Gasteiger charge is -2.04. The smallest absolute Gasteiger partial charge is 0.236 e. The van der Waals surface area contributed by atoms with Gasteiger partial charge in [0.2, 0.25) is 11.1 Å². The molecule has 0 unspecified atom stereocenters. The van der Waals surface area contributed by atoms with E-state index in [-0.39, 0.29) is 11.7 Å². The number of hydrogen-bond acceptors (Lipinski definition) is 7. The SMILES string of the molecule is Cc1ccc(C)c(-c2csc(NC(=O)CSc3nnnn3C3CC3)n2)c1. The average Bonchev–Trinajstić information content (AvgIpc) is 3.17.